The van der Waals surface area contributed by atoms with E-state index in [1.165, 1.54) is 30.3 Å². The Labute approximate surface area is 123 Å². The van der Waals surface area contributed by atoms with Crippen LogP contribution in [-0.4, -0.2) is 8.42 Å². The summed E-state index contributed by atoms with van der Waals surface area (Å²) in [5.41, 5.74) is -0.840. The summed E-state index contributed by atoms with van der Waals surface area (Å²) in [7, 11) is -4.06. The number of hydrogen-bond acceptors (Lipinski definition) is 6. The summed E-state index contributed by atoms with van der Waals surface area (Å²) in [6.07, 6.45) is 0. The largest absolute Gasteiger partial charge is 0.344 e. The Morgan fingerprint density at radius 2 is 1.80 bits per heavy atom. The standard InChI is InChI=1S/C11H6BrN5O2S/c12-8-2-1-3-9(11(8)20(16,18)19)17-10(6-15)7(4-13)5-14/h1-3,17H,(H2,16,18,19). The number of nitrogens with one attached hydrogen (secondary N) is 1. The monoisotopic (exact) mass is 351 g/mol. The first-order chi connectivity index (χ1) is 9.35. The maximum atomic E-state index is 11.5. The number of benzene rings is 1. The molecule has 0 saturated heterocycles. The molecule has 7 nitrogen and oxygen atoms in total. The summed E-state index contributed by atoms with van der Waals surface area (Å²) in [4.78, 5) is -0.275. The van der Waals surface area contributed by atoms with Gasteiger partial charge in [-0.25, -0.2) is 13.6 Å². The van der Waals surface area contributed by atoms with E-state index in [1.54, 1.807) is 6.07 Å². The molecule has 1 rings (SSSR count). The molecule has 100 valence electrons. The number of primary sulfonamides is 1. The first-order valence-corrected chi connectivity index (χ1v) is 7.22. The van der Waals surface area contributed by atoms with Gasteiger partial charge in [-0.2, -0.15) is 15.8 Å². The van der Waals surface area contributed by atoms with E-state index in [1.807, 2.05) is 0 Å². The van der Waals surface area contributed by atoms with Crippen LogP contribution in [0.25, 0.3) is 0 Å². The Morgan fingerprint density at radius 1 is 1.20 bits per heavy atom. The molecule has 0 amide bonds. The molecule has 3 N–H and O–H groups in total. The molecule has 1 aromatic rings. The van der Waals surface area contributed by atoms with Crippen molar-refractivity contribution in [2.75, 3.05) is 5.32 Å². The predicted molar refractivity (Wildman–Crippen MR) is 73.0 cm³/mol. The maximum absolute atomic E-state index is 11.5. The molecule has 0 aliphatic heterocycles. The lowest BCUT2D eigenvalue weighted by Gasteiger charge is -2.11. The van der Waals surface area contributed by atoms with Gasteiger partial charge in [0.1, 0.15) is 28.8 Å². The fraction of sp³-hybridized carbons (Fsp3) is 0. The Morgan fingerprint density at radius 3 is 2.25 bits per heavy atom. The zero-order chi connectivity index (χ0) is 15.3. The van der Waals surface area contributed by atoms with Gasteiger partial charge in [0.15, 0.2) is 5.57 Å². The van der Waals surface area contributed by atoms with E-state index < -0.39 is 15.6 Å². The van der Waals surface area contributed by atoms with Crippen molar-refractivity contribution < 1.29 is 8.42 Å². The third kappa shape index (κ3) is 3.34. The van der Waals surface area contributed by atoms with E-state index in [-0.39, 0.29) is 20.8 Å². The summed E-state index contributed by atoms with van der Waals surface area (Å²) in [6, 6.07) is 9.02. The minimum absolute atomic E-state index is 0.0126. The van der Waals surface area contributed by atoms with Crippen molar-refractivity contribution >= 4 is 31.6 Å². The van der Waals surface area contributed by atoms with Crippen LogP contribution in [0, 0.1) is 34.0 Å². The zero-order valence-electron chi connectivity index (χ0n) is 9.75. The fourth-order valence-electron chi connectivity index (χ4n) is 1.31. The molecule has 0 radical (unpaired) electrons. The number of nitrogens with zero attached hydrogens (tertiary/aromatic N) is 3. The van der Waals surface area contributed by atoms with Crippen LogP contribution in [0.3, 0.4) is 0 Å². The molecule has 0 aromatic heterocycles. The number of nitriles is 3. The number of nitrogens with two attached hydrogens (primary N) is 1. The van der Waals surface area contributed by atoms with Crippen LogP contribution in [0.2, 0.25) is 0 Å². The van der Waals surface area contributed by atoms with Gasteiger partial charge in [-0.15, -0.1) is 0 Å². The summed E-state index contributed by atoms with van der Waals surface area (Å²) < 4.78 is 23.3. The molecule has 0 spiro atoms. The van der Waals surface area contributed by atoms with Crippen LogP contribution >= 0.6 is 15.9 Å². The van der Waals surface area contributed by atoms with Crippen LogP contribution in [0.5, 0.6) is 0 Å². The molecule has 0 saturated carbocycles. The van der Waals surface area contributed by atoms with Crippen molar-refractivity contribution in [3.05, 3.63) is 33.9 Å². The lowest BCUT2D eigenvalue weighted by molar-refractivity contribution is 0.597. The van der Waals surface area contributed by atoms with Crippen LogP contribution in [0.15, 0.2) is 38.8 Å². The second-order valence-corrected chi connectivity index (χ2v) is 5.72. The van der Waals surface area contributed by atoms with Gasteiger partial charge in [-0.05, 0) is 28.1 Å². The third-order valence-corrected chi connectivity index (χ3v) is 4.03. The summed E-state index contributed by atoms with van der Waals surface area (Å²) in [5, 5.41) is 33.9. The van der Waals surface area contributed by atoms with Crippen molar-refractivity contribution in [3.8, 4) is 18.2 Å². The molecule has 0 heterocycles. The predicted octanol–water partition coefficient (Wildman–Crippen LogP) is 1.33. The minimum atomic E-state index is -4.06. The van der Waals surface area contributed by atoms with Gasteiger partial charge in [-0.3, -0.25) is 0 Å². The lowest BCUT2D eigenvalue weighted by Crippen LogP contribution is -2.16. The van der Waals surface area contributed by atoms with E-state index in [9.17, 15) is 8.42 Å². The fourth-order valence-corrected chi connectivity index (χ4v) is 3.12. The van der Waals surface area contributed by atoms with Gasteiger partial charge in [0.05, 0.1) is 5.69 Å². The molecule has 9 heteroatoms. The van der Waals surface area contributed by atoms with Gasteiger partial charge in [0, 0.05) is 4.47 Å². The Hall–Kier alpha value is -2.38. The van der Waals surface area contributed by atoms with Crippen LogP contribution in [0.4, 0.5) is 5.69 Å². The number of allylic oxidation sites excluding steroid dienone is 2. The van der Waals surface area contributed by atoms with Gasteiger partial charge in [-0.1, -0.05) is 6.07 Å². The second-order valence-electron chi connectivity index (χ2n) is 3.37. The highest BCUT2D eigenvalue weighted by Gasteiger charge is 2.19. The molecular formula is C11H6BrN5O2S. The topological polar surface area (TPSA) is 144 Å². The molecule has 0 unspecified atom stereocenters. The molecule has 0 aliphatic carbocycles. The maximum Gasteiger partial charge on any atom is 0.241 e. The zero-order valence-corrected chi connectivity index (χ0v) is 12.2. The van der Waals surface area contributed by atoms with E-state index in [4.69, 9.17) is 20.9 Å². The lowest BCUT2D eigenvalue weighted by atomic mass is 10.2. The number of anilines is 1. The molecule has 0 bridgehead atoms. The number of halogens is 1. The molecule has 0 aliphatic rings. The van der Waals surface area contributed by atoms with Crippen LogP contribution in [-0.2, 0) is 10.0 Å². The third-order valence-electron chi connectivity index (χ3n) is 2.10. The Balaban J connectivity index is 3.51. The highest BCUT2D eigenvalue weighted by atomic mass is 79.9. The molecule has 0 atom stereocenters. The van der Waals surface area contributed by atoms with Crippen molar-refractivity contribution in [1.82, 2.24) is 0 Å². The van der Waals surface area contributed by atoms with E-state index in [0.29, 0.717) is 0 Å². The normalized spacial score (nSPS) is 9.75. The Bertz CT molecular complexity index is 793. The summed E-state index contributed by atoms with van der Waals surface area (Å²) in [6.45, 7) is 0. The molecular weight excluding hydrogens is 346 g/mol. The van der Waals surface area contributed by atoms with Gasteiger partial charge < -0.3 is 5.32 Å². The average molecular weight is 352 g/mol. The van der Waals surface area contributed by atoms with Gasteiger partial charge in [0.2, 0.25) is 10.0 Å². The first kappa shape index (κ1) is 15.7. The highest BCUT2D eigenvalue weighted by molar-refractivity contribution is 9.10. The first-order valence-electron chi connectivity index (χ1n) is 4.88. The minimum Gasteiger partial charge on any atom is -0.344 e. The smallest absolute Gasteiger partial charge is 0.241 e. The van der Waals surface area contributed by atoms with Crippen molar-refractivity contribution in [2.24, 2.45) is 5.14 Å². The van der Waals surface area contributed by atoms with Crippen LogP contribution < -0.4 is 10.5 Å². The van der Waals surface area contributed by atoms with Crippen molar-refractivity contribution in [2.45, 2.75) is 4.90 Å². The average Bonchev–Trinajstić information content (AvgIpc) is 2.37. The number of hydrogen-bond donors (Lipinski definition) is 2. The molecule has 20 heavy (non-hydrogen) atoms. The van der Waals surface area contributed by atoms with E-state index in [2.05, 4.69) is 21.2 Å². The van der Waals surface area contributed by atoms with Gasteiger partial charge >= 0.3 is 0 Å². The Kier molecular flexibility index (Phi) is 4.84. The van der Waals surface area contributed by atoms with Gasteiger partial charge in [0.25, 0.3) is 0 Å². The number of sulfonamides is 1. The highest BCUT2D eigenvalue weighted by Crippen LogP contribution is 2.29. The molecule has 0 fully saturated rings. The van der Waals surface area contributed by atoms with E-state index in [0.717, 1.165) is 0 Å². The van der Waals surface area contributed by atoms with Crippen LogP contribution in [0.1, 0.15) is 0 Å². The number of rotatable bonds is 3. The molecule has 1 aromatic carbocycles. The summed E-state index contributed by atoms with van der Waals surface area (Å²) in [5.74, 6) is 0. The van der Waals surface area contributed by atoms with Crippen molar-refractivity contribution in [1.29, 1.82) is 15.8 Å². The van der Waals surface area contributed by atoms with Crippen molar-refractivity contribution in [3.63, 3.8) is 0 Å². The summed E-state index contributed by atoms with van der Waals surface area (Å²) >= 11 is 3.04. The second kappa shape index (κ2) is 6.18. The van der Waals surface area contributed by atoms with E-state index >= 15 is 0 Å². The quantitative estimate of drug-likeness (QED) is 0.786. The SMILES string of the molecule is N#CC(C#N)=C(C#N)Nc1cccc(Br)c1S(N)(=O)=O.